The molecule has 4 rings (SSSR count). The molecule has 4 aromatic rings. The molecule has 0 radical (unpaired) electrons. The molecule has 0 aliphatic carbocycles. The number of nitrogens with zero attached hydrogens (tertiary/aromatic N) is 4. The largest absolute Gasteiger partial charge is 0.198 e. The summed E-state index contributed by atoms with van der Waals surface area (Å²) in [4.78, 5) is 0. The van der Waals surface area contributed by atoms with Crippen molar-refractivity contribution < 1.29 is 0 Å². The predicted octanol–water partition coefficient (Wildman–Crippen LogP) is 3.92. The third-order valence-corrected chi connectivity index (χ3v) is 5.92. The molecule has 6 nitrogen and oxygen atoms in total. The molecule has 2 N–H and O–H groups in total. The van der Waals surface area contributed by atoms with Crippen molar-refractivity contribution in [3.8, 4) is 0 Å². The van der Waals surface area contributed by atoms with Gasteiger partial charge in [0.2, 0.25) is 0 Å². The van der Waals surface area contributed by atoms with Gasteiger partial charge in [-0.25, -0.2) is 0 Å². The summed E-state index contributed by atoms with van der Waals surface area (Å²) in [6.07, 6.45) is 5.22. The van der Waals surface area contributed by atoms with Crippen LogP contribution in [0, 0.1) is 0 Å². The quantitative estimate of drug-likeness (QED) is 0.487. The molecule has 7 heteroatoms. The molecule has 2 aromatic carbocycles. The van der Waals surface area contributed by atoms with Crippen LogP contribution in [0.2, 0.25) is 0 Å². The van der Waals surface area contributed by atoms with Gasteiger partial charge in [-0.1, -0.05) is 60.7 Å². The van der Waals surface area contributed by atoms with Gasteiger partial charge in [0.05, 0.1) is 23.8 Å². The second-order valence-electron chi connectivity index (χ2n) is 6.27. The van der Waals surface area contributed by atoms with E-state index in [1.54, 1.807) is 12.4 Å². The molecule has 27 heavy (non-hydrogen) atoms. The molecule has 0 spiro atoms. The SMILES string of the molecule is c1ccc(C(Cc2cn[nH]n2)SC(Cc2cn[nH]n2)c2ccccc2)cc1. The molecule has 0 aliphatic rings. The summed E-state index contributed by atoms with van der Waals surface area (Å²) in [6.45, 7) is 0. The number of thioether (sulfide) groups is 1. The Labute approximate surface area is 161 Å². The highest BCUT2D eigenvalue weighted by Crippen LogP contribution is 2.43. The zero-order chi connectivity index (χ0) is 18.3. The van der Waals surface area contributed by atoms with Crippen LogP contribution >= 0.6 is 11.8 Å². The minimum Gasteiger partial charge on any atom is -0.198 e. The molecule has 2 unspecified atom stereocenters. The van der Waals surface area contributed by atoms with Crippen LogP contribution in [-0.2, 0) is 12.8 Å². The lowest BCUT2D eigenvalue weighted by Gasteiger charge is -2.23. The topological polar surface area (TPSA) is 83.1 Å². The number of hydrogen-bond donors (Lipinski definition) is 2. The van der Waals surface area contributed by atoms with E-state index in [4.69, 9.17) is 0 Å². The second kappa shape index (κ2) is 8.64. The Balaban J connectivity index is 1.62. The van der Waals surface area contributed by atoms with Gasteiger partial charge in [-0.15, -0.1) is 11.8 Å². The molecular weight excluding hydrogens is 356 g/mol. The lowest BCUT2D eigenvalue weighted by Crippen LogP contribution is -2.06. The summed E-state index contributed by atoms with van der Waals surface area (Å²) < 4.78 is 0. The molecule has 2 heterocycles. The van der Waals surface area contributed by atoms with Crippen molar-refractivity contribution in [1.29, 1.82) is 0 Å². The van der Waals surface area contributed by atoms with Gasteiger partial charge in [0, 0.05) is 23.3 Å². The Morgan fingerprint density at radius 1 is 0.667 bits per heavy atom. The lowest BCUT2D eigenvalue weighted by atomic mass is 10.1. The summed E-state index contributed by atoms with van der Waals surface area (Å²) in [5.41, 5.74) is 4.49. The number of hydrogen-bond acceptors (Lipinski definition) is 5. The molecule has 2 atom stereocenters. The van der Waals surface area contributed by atoms with Crippen LogP contribution in [0.4, 0.5) is 0 Å². The fourth-order valence-electron chi connectivity index (χ4n) is 3.05. The van der Waals surface area contributed by atoms with Gasteiger partial charge in [-0.05, 0) is 11.1 Å². The second-order valence-corrected chi connectivity index (χ2v) is 7.68. The Morgan fingerprint density at radius 3 is 1.48 bits per heavy atom. The first-order valence-corrected chi connectivity index (χ1v) is 9.77. The highest BCUT2D eigenvalue weighted by molar-refractivity contribution is 7.99. The maximum Gasteiger partial charge on any atom is 0.0839 e. The molecule has 2 aromatic heterocycles. The smallest absolute Gasteiger partial charge is 0.0839 e. The third kappa shape index (κ3) is 4.62. The first kappa shape index (κ1) is 17.5. The number of aromatic nitrogens is 6. The van der Waals surface area contributed by atoms with Crippen LogP contribution < -0.4 is 0 Å². The Hall–Kier alpha value is -2.93. The number of rotatable bonds is 8. The zero-order valence-electron chi connectivity index (χ0n) is 14.7. The van der Waals surface area contributed by atoms with E-state index in [0.717, 1.165) is 24.2 Å². The predicted molar refractivity (Wildman–Crippen MR) is 106 cm³/mol. The van der Waals surface area contributed by atoms with Crippen molar-refractivity contribution in [2.75, 3.05) is 0 Å². The van der Waals surface area contributed by atoms with E-state index >= 15 is 0 Å². The van der Waals surface area contributed by atoms with Crippen molar-refractivity contribution in [2.45, 2.75) is 23.3 Å². The molecule has 136 valence electrons. The van der Waals surface area contributed by atoms with Gasteiger partial charge in [-0.3, -0.25) is 0 Å². The summed E-state index contributed by atoms with van der Waals surface area (Å²) >= 11 is 1.93. The maximum atomic E-state index is 4.26. The Kier molecular flexibility index (Phi) is 5.59. The van der Waals surface area contributed by atoms with E-state index < -0.39 is 0 Å². The molecule has 0 amide bonds. The normalized spacial score (nSPS) is 13.3. The third-order valence-electron chi connectivity index (χ3n) is 4.39. The monoisotopic (exact) mass is 376 g/mol. The van der Waals surface area contributed by atoms with Crippen molar-refractivity contribution >= 4 is 11.8 Å². The van der Waals surface area contributed by atoms with Crippen molar-refractivity contribution in [3.63, 3.8) is 0 Å². The maximum absolute atomic E-state index is 4.26. The van der Waals surface area contributed by atoms with E-state index in [-0.39, 0.29) is 10.5 Å². The fourth-order valence-corrected chi connectivity index (χ4v) is 4.61. The van der Waals surface area contributed by atoms with Crippen LogP contribution in [0.3, 0.4) is 0 Å². The lowest BCUT2D eigenvalue weighted by molar-refractivity contribution is 0.829. The van der Waals surface area contributed by atoms with Crippen molar-refractivity contribution in [1.82, 2.24) is 30.8 Å². The van der Waals surface area contributed by atoms with Gasteiger partial charge < -0.3 is 0 Å². The van der Waals surface area contributed by atoms with Crippen molar-refractivity contribution in [3.05, 3.63) is 95.6 Å². The van der Waals surface area contributed by atoms with E-state index in [9.17, 15) is 0 Å². The van der Waals surface area contributed by atoms with Gasteiger partial charge in [0.25, 0.3) is 0 Å². The first-order valence-electron chi connectivity index (χ1n) is 8.83. The van der Waals surface area contributed by atoms with Gasteiger partial charge in [-0.2, -0.15) is 30.8 Å². The Morgan fingerprint density at radius 2 is 1.11 bits per heavy atom. The standard InChI is InChI=1S/C20H20N6S/c1-3-7-15(8-4-1)19(11-17-13-21-25-23-17)27-20(12-18-14-22-26-24-18)16-9-5-2-6-10-16/h1-10,13-14,19-20H,11-12H2,(H,21,23,25)(H,22,24,26). The summed E-state index contributed by atoms with van der Waals surface area (Å²) in [6, 6.07) is 21.1. The molecule has 0 bridgehead atoms. The van der Waals surface area contributed by atoms with Crippen LogP contribution in [-0.4, -0.2) is 30.8 Å². The average Bonchev–Trinajstić information content (AvgIpc) is 3.42. The van der Waals surface area contributed by atoms with E-state index in [2.05, 4.69) is 79.4 Å². The summed E-state index contributed by atoms with van der Waals surface area (Å²) in [5.74, 6) is 0. The Bertz CT molecular complexity index is 832. The average molecular weight is 376 g/mol. The fraction of sp³-hybridized carbons (Fsp3) is 0.200. The number of H-pyrrole nitrogens is 2. The van der Waals surface area contributed by atoms with Crippen LogP contribution in [0.1, 0.15) is 33.0 Å². The molecular formula is C20H20N6S. The first-order chi connectivity index (χ1) is 13.4. The van der Waals surface area contributed by atoms with Gasteiger partial charge >= 0.3 is 0 Å². The zero-order valence-corrected chi connectivity index (χ0v) is 15.5. The van der Waals surface area contributed by atoms with Crippen LogP contribution in [0.25, 0.3) is 0 Å². The van der Waals surface area contributed by atoms with E-state index in [1.165, 1.54) is 11.1 Å². The highest BCUT2D eigenvalue weighted by Gasteiger charge is 2.22. The summed E-state index contributed by atoms with van der Waals surface area (Å²) in [5, 5.41) is 22.4. The van der Waals surface area contributed by atoms with E-state index in [1.807, 2.05) is 23.9 Å². The number of nitrogens with one attached hydrogen (secondary N) is 2. The molecule has 0 saturated carbocycles. The molecule has 0 fully saturated rings. The van der Waals surface area contributed by atoms with Crippen LogP contribution in [0.5, 0.6) is 0 Å². The van der Waals surface area contributed by atoms with Crippen molar-refractivity contribution in [2.24, 2.45) is 0 Å². The molecule has 0 saturated heterocycles. The summed E-state index contributed by atoms with van der Waals surface area (Å²) in [7, 11) is 0. The van der Waals surface area contributed by atoms with E-state index in [0.29, 0.717) is 0 Å². The van der Waals surface area contributed by atoms with Gasteiger partial charge in [0.1, 0.15) is 0 Å². The van der Waals surface area contributed by atoms with Gasteiger partial charge in [0.15, 0.2) is 0 Å². The minimum absolute atomic E-state index is 0.258. The highest BCUT2D eigenvalue weighted by atomic mass is 32.2. The molecule has 0 aliphatic heterocycles. The number of aromatic amines is 2. The number of benzene rings is 2. The minimum atomic E-state index is 0.258. The van der Waals surface area contributed by atoms with Crippen LogP contribution in [0.15, 0.2) is 73.1 Å².